The lowest BCUT2D eigenvalue weighted by molar-refractivity contribution is -0.384. The van der Waals surface area contributed by atoms with Crippen LogP contribution in [0.3, 0.4) is 0 Å². The molecule has 3 rings (SSSR count). The zero-order chi connectivity index (χ0) is 12.7. The van der Waals surface area contributed by atoms with Gasteiger partial charge in [0.25, 0.3) is 0 Å². The summed E-state index contributed by atoms with van der Waals surface area (Å²) in [5, 5.41) is 13.9. The number of anilines is 2. The van der Waals surface area contributed by atoms with Gasteiger partial charge in [0, 0.05) is 0 Å². The summed E-state index contributed by atoms with van der Waals surface area (Å²) in [4.78, 5) is 17.9. The Balaban J connectivity index is 1.83. The van der Waals surface area contributed by atoms with Gasteiger partial charge in [-0.1, -0.05) is 0 Å². The van der Waals surface area contributed by atoms with Crippen LogP contribution in [0, 0.1) is 10.1 Å². The lowest BCUT2D eigenvalue weighted by Gasteiger charge is -2.20. The molecule has 3 N–H and O–H groups in total. The number of nitro groups is 1. The number of hydrogen-bond donors (Lipinski definition) is 2. The molecule has 2 fully saturated rings. The van der Waals surface area contributed by atoms with Crippen LogP contribution in [-0.4, -0.2) is 33.1 Å². The molecule has 8 nitrogen and oxygen atoms in total. The minimum Gasteiger partial charge on any atom is -0.373 e. The van der Waals surface area contributed by atoms with Gasteiger partial charge in [-0.25, -0.2) is 4.98 Å². The topological polar surface area (TPSA) is 116 Å². The first-order valence-electron chi connectivity index (χ1n) is 5.82. The van der Waals surface area contributed by atoms with Crippen LogP contribution < -0.4 is 11.1 Å². The summed E-state index contributed by atoms with van der Waals surface area (Å²) in [5.41, 5.74) is 5.30. The SMILES string of the molecule is Nc1ncc([N+](=O)[O-])c(NC2CC3CCC2O3)n1. The Bertz CT molecular complexity index is 494. The van der Waals surface area contributed by atoms with E-state index in [1.54, 1.807) is 0 Å². The van der Waals surface area contributed by atoms with E-state index in [1.165, 1.54) is 0 Å². The number of nitrogens with two attached hydrogens (primary N) is 1. The molecule has 2 saturated heterocycles. The third-order valence-electron chi connectivity index (χ3n) is 3.41. The monoisotopic (exact) mass is 251 g/mol. The summed E-state index contributed by atoms with van der Waals surface area (Å²) >= 11 is 0. The van der Waals surface area contributed by atoms with Crippen molar-refractivity contribution in [2.24, 2.45) is 0 Å². The molecule has 8 heteroatoms. The van der Waals surface area contributed by atoms with E-state index in [2.05, 4.69) is 15.3 Å². The number of hydrogen-bond acceptors (Lipinski definition) is 7. The Morgan fingerprint density at radius 2 is 2.39 bits per heavy atom. The van der Waals surface area contributed by atoms with Gasteiger partial charge in [-0.3, -0.25) is 10.1 Å². The number of nitrogens with zero attached hydrogens (tertiary/aromatic N) is 3. The van der Waals surface area contributed by atoms with Crippen LogP contribution in [0.2, 0.25) is 0 Å². The molecule has 2 aliphatic rings. The maximum Gasteiger partial charge on any atom is 0.329 e. The van der Waals surface area contributed by atoms with Gasteiger partial charge in [-0.05, 0) is 19.3 Å². The first-order chi connectivity index (χ1) is 8.63. The van der Waals surface area contributed by atoms with Gasteiger partial charge in [-0.2, -0.15) is 4.98 Å². The van der Waals surface area contributed by atoms with Crippen molar-refractivity contribution < 1.29 is 9.66 Å². The Kier molecular flexibility index (Phi) is 2.51. The standard InChI is InChI=1S/C10H13N5O3/c11-10-12-4-7(15(16)17)9(14-10)13-6-3-5-1-2-8(6)18-5/h4-6,8H,1-3H2,(H3,11,12,13,14). The fraction of sp³-hybridized carbons (Fsp3) is 0.600. The van der Waals surface area contributed by atoms with Gasteiger partial charge in [0.05, 0.1) is 23.2 Å². The maximum atomic E-state index is 10.9. The number of rotatable bonds is 3. The van der Waals surface area contributed by atoms with Crippen molar-refractivity contribution in [3.63, 3.8) is 0 Å². The maximum absolute atomic E-state index is 10.9. The number of nitrogens with one attached hydrogen (secondary N) is 1. The van der Waals surface area contributed by atoms with E-state index in [1.807, 2.05) is 0 Å². The lowest BCUT2D eigenvalue weighted by Crippen LogP contribution is -2.31. The van der Waals surface area contributed by atoms with Crippen LogP contribution in [0.25, 0.3) is 0 Å². The van der Waals surface area contributed by atoms with Crippen LogP contribution >= 0.6 is 0 Å². The average Bonchev–Trinajstić information content (AvgIpc) is 2.90. The van der Waals surface area contributed by atoms with Crippen molar-refractivity contribution in [1.82, 2.24) is 9.97 Å². The van der Waals surface area contributed by atoms with Gasteiger partial charge >= 0.3 is 5.69 Å². The van der Waals surface area contributed by atoms with Gasteiger partial charge < -0.3 is 15.8 Å². The summed E-state index contributed by atoms with van der Waals surface area (Å²) in [6.45, 7) is 0. The molecule has 1 aromatic rings. The Morgan fingerprint density at radius 3 is 3.00 bits per heavy atom. The Morgan fingerprint density at radius 1 is 1.56 bits per heavy atom. The van der Waals surface area contributed by atoms with E-state index in [0.29, 0.717) is 0 Å². The molecular formula is C10H13N5O3. The number of aromatic nitrogens is 2. The van der Waals surface area contributed by atoms with Crippen LogP contribution in [0.1, 0.15) is 19.3 Å². The summed E-state index contributed by atoms with van der Waals surface area (Å²) in [6.07, 6.45) is 4.41. The fourth-order valence-electron chi connectivity index (χ4n) is 2.59. The van der Waals surface area contributed by atoms with Crippen molar-refractivity contribution >= 4 is 17.5 Å². The minimum atomic E-state index is -0.518. The number of fused-ring (bicyclic) bond motifs is 2. The number of ether oxygens (including phenoxy) is 1. The first-order valence-corrected chi connectivity index (χ1v) is 5.82. The summed E-state index contributed by atoms with van der Waals surface area (Å²) in [6, 6.07) is 0.0664. The third kappa shape index (κ3) is 1.84. The second kappa shape index (κ2) is 4.05. The average molecular weight is 251 g/mol. The van der Waals surface area contributed by atoms with Gasteiger partial charge in [0.1, 0.15) is 6.20 Å². The van der Waals surface area contributed by atoms with E-state index in [-0.39, 0.29) is 35.7 Å². The highest BCUT2D eigenvalue weighted by Gasteiger charge is 2.41. The van der Waals surface area contributed by atoms with E-state index < -0.39 is 4.92 Å². The quantitative estimate of drug-likeness (QED) is 0.599. The zero-order valence-corrected chi connectivity index (χ0v) is 9.57. The van der Waals surface area contributed by atoms with Crippen LogP contribution in [0.5, 0.6) is 0 Å². The van der Waals surface area contributed by atoms with Crippen molar-refractivity contribution in [1.29, 1.82) is 0 Å². The predicted molar refractivity (Wildman–Crippen MR) is 63.0 cm³/mol. The molecule has 3 atom stereocenters. The van der Waals surface area contributed by atoms with E-state index in [0.717, 1.165) is 25.5 Å². The Hall–Kier alpha value is -1.96. The summed E-state index contributed by atoms with van der Waals surface area (Å²) in [5.74, 6) is 0.195. The van der Waals surface area contributed by atoms with Crippen LogP contribution in [-0.2, 0) is 4.74 Å². The molecule has 0 spiro atoms. The molecule has 3 unspecified atom stereocenters. The highest BCUT2D eigenvalue weighted by molar-refractivity contribution is 5.57. The molecule has 1 aromatic heterocycles. The zero-order valence-electron chi connectivity index (χ0n) is 9.57. The van der Waals surface area contributed by atoms with Crippen molar-refractivity contribution in [3.8, 4) is 0 Å². The molecule has 18 heavy (non-hydrogen) atoms. The highest BCUT2D eigenvalue weighted by atomic mass is 16.6. The summed E-state index contributed by atoms with van der Waals surface area (Å²) < 4.78 is 5.68. The predicted octanol–water partition coefficient (Wildman–Crippen LogP) is 0.699. The molecular weight excluding hydrogens is 238 g/mol. The first kappa shape index (κ1) is 11.1. The molecule has 0 radical (unpaired) electrons. The second-order valence-electron chi connectivity index (χ2n) is 4.58. The van der Waals surface area contributed by atoms with E-state index in [9.17, 15) is 10.1 Å². The number of nitrogen functional groups attached to an aromatic ring is 1. The van der Waals surface area contributed by atoms with Gasteiger partial charge in [-0.15, -0.1) is 0 Å². The molecule has 3 heterocycles. The van der Waals surface area contributed by atoms with Crippen molar-refractivity contribution in [2.75, 3.05) is 11.1 Å². The van der Waals surface area contributed by atoms with E-state index in [4.69, 9.17) is 10.5 Å². The highest BCUT2D eigenvalue weighted by Crippen LogP contribution is 2.36. The van der Waals surface area contributed by atoms with Crippen LogP contribution in [0.4, 0.5) is 17.5 Å². The largest absolute Gasteiger partial charge is 0.373 e. The van der Waals surface area contributed by atoms with Crippen molar-refractivity contribution in [2.45, 2.75) is 37.5 Å². The molecule has 96 valence electrons. The normalized spacial score (nSPS) is 29.4. The third-order valence-corrected chi connectivity index (χ3v) is 3.41. The molecule has 0 aromatic carbocycles. The van der Waals surface area contributed by atoms with Gasteiger partial charge in [0.2, 0.25) is 11.8 Å². The fourth-order valence-corrected chi connectivity index (χ4v) is 2.59. The minimum absolute atomic E-state index is 0.0205. The molecule has 2 aliphatic heterocycles. The molecule has 0 aliphatic carbocycles. The van der Waals surface area contributed by atoms with Crippen LogP contribution in [0.15, 0.2) is 6.20 Å². The molecule has 2 bridgehead atoms. The smallest absolute Gasteiger partial charge is 0.329 e. The summed E-state index contributed by atoms with van der Waals surface area (Å²) in [7, 11) is 0. The molecule has 0 amide bonds. The van der Waals surface area contributed by atoms with Gasteiger partial charge in [0.15, 0.2) is 0 Å². The second-order valence-corrected chi connectivity index (χ2v) is 4.58. The Labute approximate surface area is 103 Å². The molecule has 0 saturated carbocycles. The lowest BCUT2D eigenvalue weighted by atomic mass is 9.95. The van der Waals surface area contributed by atoms with Crippen molar-refractivity contribution in [3.05, 3.63) is 16.3 Å². The van der Waals surface area contributed by atoms with E-state index >= 15 is 0 Å².